The molecular weight excluding hydrogens is 414 g/mol. The highest BCUT2D eigenvalue weighted by Gasteiger charge is 2.25. The molecule has 4 rings (SSSR count). The summed E-state index contributed by atoms with van der Waals surface area (Å²) < 4.78 is 11.1. The lowest BCUT2D eigenvalue weighted by atomic mass is 9.87. The van der Waals surface area contributed by atoms with E-state index in [1.54, 1.807) is 26.6 Å². The van der Waals surface area contributed by atoms with Gasteiger partial charge in [-0.25, -0.2) is 0 Å². The van der Waals surface area contributed by atoms with Crippen LogP contribution in [0.4, 0.5) is 0 Å². The lowest BCUT2D eigenvalue weighted by Gasteiger charge is -2.20. The molecule has 0 spiro atoms. The van der Waals surface area contributed by atoms with Gasteiger partial charge < -0.3 is 19.8 Å². The largest absolute Gasteiger partial charge is 0.497 e. The Balaban J connectivity index is 1.71. The summed E-state index contributed by atoms with van der Waals surface area (Å²) in [6, 6.07) is 15.9. The first-order valence-electron chi connectivity index (χ1n) is 11.1. The summed E-state index contributed by atoms with van der Waals surface area (Å²) in [5.74, 6) is 1.19. The van der Waals surface area contributed by atoms with Crippen molar-refractivity contribution < 1.29 is 14.3 Å². The van der Waals surface area contributed by atoms with Gasteiger partial charge >= 0.3 is 0 Å². The number of H-pyrrole nitrogens is 1. The van der Waals surface area contributed by atoms with Crippen LogP contribution in [0.15, 0.2) is 67.1 Å². The number of pyridine rings is 1. The number of fused-ring (bicyclic) bond motifs is 1. The molecule has 0 saturated heterocycles. The van der Waals surface area contributed by atoms with E-state index in [9.17, 15) is 4.79 Å². The maximum Gasteiger partial charge on any atom is 0.221 e. The van der Waals surface area contributed by atoms with Crippen molar-refractivity contribution in [2.24, 2.45) is 0 Å². The van der Waals surface area contributed by atoms with Crippen molar-refractivity contribution >= 4 is 16.8 Å². The highest BCUT2D eigenvalue weighted by molar-refractivity contribution is 5.88. The number of carbonyl (C=O) groups excluding carboxylic acids is 1. The Morgan fingerprint density at radius 2 is 1.88 bits per heavy atom. The summed E-state index contributed by atoms with van der Waals surface area (Å²) >= 11 is 0. The molecule has 0 radical (unpaired) electrons. The zero-order valence-electron chi connectivity index (χ0n) is 19.2. The molecule has 0 bridgehead atoms. The highest BCUT2D eigenvalue weighted by Crippen LogP contribution is 2.40. The van der Waals surface area contributed by atoms with Crippen LogP contribution in [0.25, 0.3) is 10.9 Å². The predicted molar refractivity (Wildman–Crippen MR) is 130 cm³/mol. The van der Waals surface area contributed by atoms with Crippen LogP contribution in [0.2, 0.25) is 0 Å². The Labute approximate surface area is 194 Å². The Hall–Kier alpha value is -3.80. The summed E-state index contributed by atoms with van der Waals surface area (Å²) in [6.45, 7) is 2.60. The first-order valence-corrected chi connectivity index (χ1v) is 11.1. The summed E-state index contributed by atoms with van der Waals surface area (Å²) in [5, 5.41) is 4.17. The molecule has 2 N–H and O–H groups in total. The van der Waals surface area contributed by atoms with E-state index in [1.807, 2.05) is 36.5 Å². The lowest BCUT2D eigenvalue weighted by Crippen LogP contribution is -2.25. The molecule has 0 fully saturated rings. The lowest BCUT2D eigenvalue weighted by molar-refractivity contribution is -0.121. The molecule has 6 nitrogen and oxygen atoms in total. The zero-order valence-corrected chi connectivity index (χ0v) is 19.2. The average Bonchev–Trinajstić information content (AvgIpc) is 3.30. The van der Waals surface area contributed by atoms with Gasteiger partial charge in [0.05, 0.1) is 14.2 Å². The first kappa shape index (κ1) is 22.4. The normalized spacial score (nSPS) is 11.8. The van der Waals surface area contributed by atoms with E-state index >= 15 is 0 Å². The fourth-order valence-electron chi connectivity index (χ4n) is 4.27. The van der Waals surface area contributed by atoms with E-state index in [0.29, 0.717) is 18.0 Å². The smallest absolute Gasteiger partial charge is 0.221 e. The van der Waals surface area contributed by atoms with E-state index in [-0.39, 0.29) is 18.2 Å². The Kier molecular flexibility index (Phi) is 6.93. The van der Waals surface area contributed by atoms with E-state index in [1.165, 1.54) is 5.56 Å². The number of ether oxygens (including phenoxy) is 2. The topological polar surface area (TPSA) is 76.2 Å². The molecule has 2 aromatic carbocycles. The molecule has 170 valence electrons. The van der Waals surface area contributed by atoms with Crippen molar-refractivity contribution in [2.45, 2.75) is 32.2 Å². The number of amides is 1. The van der Waals surface area contributed by atoms with E-state index < -0.39 is 0 Å². The van der Waals surface area contributed by atoms with E-state index in [4.69, 9.17) is 9.47 Å². The molecule has 2 heterocycles. The SMILES string of the molecule is CCc1cccc2c(C(CC(=O)NCc3ccncc3)c3ccc(OC)cc3OC)c[nH]c12. The highest BCUT2D eigenvalue weighted by atomic mass is 16.5. The molecule has 1 unspecified atom stereocenters. The van der Waals surface area contributed by atoms with E-state index in [2.05, 4.69) is 40.4 Å². The van der Waals surface area contributed by atoms with Gasteiger partial charge in [-0.1, -0.05) is 31.2 Å². The van der Waals surface area contributed by atoms with Gasteiger partial charge in [-0.3, -0.25) is 9.78 Å². The number of carbonyl (C=O) groups is 1. The van der Waals surface area contributed by atoms with Crippen LogP contribution in [-0.2, 0) is 17.8 Å². The van der Waals surface area contributed by atoms with Crippen LogP contribution in [0.1, 0.15) is 41.5 Å². The molecule has 33 heavy (non-hydrogen) atoms. The van der Waals surface area contributed by atoms with Gasteiger partial charge in [0.2, 0.25) is 5.91 Å². The molecule has 1 atom stereocenters. The molecule has 2 aromatic heterocycles. The minimum Gasteiger partial charge on any atom is -0.497 e. The molecule has 1 amide bonds. The van der Waals surface area contributed by atoms with Crippen LogP contribution in [0.3, 0.4) is 0 Å². The van der Waals surface area contributed by atoms with Crippen molar-refractivity contribution in [1.29, 1.82) is 0 Å². The number of rotatable bonds is 9. The molecule has 0 aliphatic carbocycles. The second-order valence-corrected chi connectivity index (χ2v) is 7.93. The van der Waals surface area contributed by atoms with Crippen LogP contribution >= 0.6 is 0 Å². The van der Waals surface area contributed by atoms with Gasteiger partial charge in [-0.05, 0) is 41.3 Å². The number of hydrogen-bond acceptors (Lipinski definition) is 4. The number of aryl methyl sites for hydroxylation is 1. The van der Waals surface area contributed by atoms with Crippen LogP contribution in [-0.4, -0.2) is 30.1 Å². The molecule has 0 saturated carbocycles. The number of aromatic nitrogens is 2. The number of para-hydroxylation sites is 1. The number of benzene rings is 2. The summed E-state index contributed by atoms with van der Waals surface area (Å²) in [7, 11) is 3.27. The molecular formula is C27H29N3O3. The number of aromatic amines is 1. The summed E-state index contributed by atoms with van der Waals surface area (Å²) in [5.41, 5.74) is 5.39. The van der Waals surface area contributed by atoms with Crippen LogP contribution in [0.5, 0.6) is 11.5 Å². The second-order valence-electron chi connectivity index (χ2n) is 7.93. The molecule has 4 aromatic rings. The van der Waals surface area contributed by atoms with Gasteiger partial charge in [0.15, 0.2) is 0 Å². The number of nitrogens with one attached hydrogen (secondary N) is 2. The average molecular weight is 444 g/mol. The van der Waals surface area contributed by atoms with Crippen LogP contribution in [0, 0.1) is 0 Å². The third-order valence-corrected chi connectivity index (χ3v) is 6.03. The van der Waals surface area contributed by atoms with Gasteiger partial charge in [0.1, 0.15) is 11.5 Å². The third kappa shape index (κ3) is 4.85. The van der Waals surface area contributed by atoms with Crippen molar-refractivity contribution in [3.8, 4) is 11.5 Å². The number of methoxy groups -OCH3 is 2. The first-order chi connectivity index (χ1) is 16.1. The van der Waals surface area contributed by atoms with Gasteiger partial charge in [-0.15, -0.1) is 0 Å². The van der Waals surface area contributed by atoms with Gasteiger partial charge in [-0.2, -0.15) is 0 Å². The van der Waals surface area contributed by atoms with Crippen LogP contribution < -0.4 is 14.8 Å². The van der Waals surface area contributed by atoms with Gasteiger partial charge in [0, 0.05) is 60.0 Å². The third-order valence-electron chi connectivity index (χ3n) is 6.03. The second kappa shape index (κ2) is 10.2. The van der Waals surface area contributed by atoms with E-state index in [0.717, 1.165) is 34.0 Å². The quantitative estimate of drug-likeness (QED) is 0.382. The van der Waals surface area contributed by atoms with Crippen molar-refractivity contribution in [2.75, 3.05) is 14.2 Å². The molecule has 0 aliphatic heterocycles. The molecule has 6 heteroatoms. The predicted octanol–water partition coefficient (Wildman–Crippen LogP) is 4.98. The Morgan fingerprint density at radius 1 is 1.06 bits per heavy atom. The van der Waals surface area contributed by atoms with Crippen molar-refractivity contribution in [3.63, 3.8) is 0 Å². The minimum atomic E-state index is -0.191. The summed E-state index contributed by atoms with van der Waals surface area (Å²) in [4.78, 5) is 20.5. The van der Waals surface area contributed by atoms with Gasteiger partial charge in [0.25, 0.3) is 0 Å². The zero-order chi connectivity index (χ0) is 23.2. The summed E-state index contributed by atoms with van der Waals surface area (Å²) in [6.07, 6.45) is 6.69. The molecule has 0 aliphatic rings. The Bertz CT molecular complexity index is 1230. The fraction of sp³-hybridized carbons (Fsp3) is 0.259. The fourth-order valence-corrected chi connectivity index (χ4v) is 4.27. The van der Waals surface area contributed by atoms with Crippen molar-refractivity contribution in [1.82, 2.24) is 15.3 Å². The number of hydrogen-bond donors (Lipinski definition) is 2. The maximum atomic E-state index is 13.1. The standard InChI is InChI=1S/C27H29N3O3/c1-4-19-6-5-7-22-24(17-30-27(19)22)23(21-9-8-20(32-2)14-25(21)33-3)15-26(31)29-16-18-10-12-28-13-11-18/h5-14,17,23,30H,4,15-16H2,1-3H3,(H,29,31). The Morgan fingerprint density at radius 3 is 2.61 bits per heavy atom. The van der Waals surface area contributed by atoms with Crippen molar-refractivity contribution in [3.05, 3.63) is 89.4 Å². The minimum absolute atomic E-state index is 0.0318. The maximum absolute atomic E-state index is 13.1. The number of nitrogens with zero attached hydrogens (tertiary/aromatic N) is 1. The monoisotopic (exact) mass is 443 g/mol.